The van der Waals surface area contributed by atoms with Gasteiger partial charge in [-0.15, -0.1) is 10.2 Å². The minimum Gasteiger partial charge on any atom is -0.486 e. The van der Waals surface area contributed by atoms with E-state index in [0.29, 0.717) is 34.7 Å². The van der Waals surface area contributed by atoms with Gasteiger partial charge in [-0.1, -0.05) is 43.8 Å². The van der Waals surface area contributed by atoms with E-state index in [1.54, 1.807) is 18.2 Å². The number of nitrogens with one attached hydrogen (secondary N) is 1. The number of ketones is 1. The molecular formula is C25H28N4O4S. The average molecular weight is 481 g/mol. The van der Waals surface area contributed by atoms with Crippen LogP contribution < -0.4 is 14.8 Å². The van der Waals surface area contributed by atoms with Gasteiger partial charge in [-0.25, -0.2) is 0 Å². The third-order valence-corrected chi connectivity index (χ3v) is 6.46. The van der Waals surface area contributed by atoms with Crippen LogP contribution in [-0.4, -0.2) is 38.3 Å². The van der Waals surface area contributed by atoms with Gasteiger partial charge in [-0.2, -0.15) is 0 Å². The number of ether oxygens (including phenoxy) is 2. The van der Waals surface area contributed by atoms with Gasteiger partial charge in [0.05, 0.1) is 10.9 Å². The molecule has 34 heavy (non-hydrogen) atoms. The highest BCUT2D eigenvalue weighted by Gasteiger charge is 2.24. The summed E-state index contributed by atoms with van der Waals surface area (Å²) in [5.74, 6) is 2.27. The molecule has 9 heteroatoms. The summed E-state index contributed by atoms with van der Waals surface area (Å²) in [6, 6.07) is 14.7. The van der Waals surface area contributed by atoms with Crippen LogP contribution in [0.1, 0.15) is 43.4 Å². The zero-order valence-electron chi connectivity index (χ0n) is 19.5. The van der Waals surface area contributed by atoms with E-state index in [1.807, 2.05) is 41.8 Å². The van der Waals surface area contributed by atoms with Crippen LogP contribution in [0, 0.1) is 5.92 Å². The lowest BCUT2D eigenvalue weighted by Gasteiger charge is -2.19. The van der Waals surface area contributed by atoms with Crippen molar-refractivity contribution in [2.45, 2.75) is 50.8 Å². The number of amides is 1. The molecule has 0 saturated carbocycles. The molecule has 0 unspecified atom stereocenters. The summed E-state index contributed by atoms with van der Waals surface area (Å²) in [4.78, 5) is 24.8. The maximum absolute atomic E-state index is 13.2. The van der Waals surface area contributed by atoms with Crippen LogP contribution >= 0.6 is 11.8 Å². The van der Waals surface area contributed by atoms with Gasteiger partial charge in [0.2, 0.25) is 0 Å². The number of hydrogen-bond donors (Lipinski definition) is 1. The van der Waals surface area contributed by atoms with Gasteiger partial charge >= 0.3 is 0 Å². The maximum Gasteiger partial charge on any atom is 0.262 e. The fourth-order valence-electron chi connectivity index (χ4n) is 3.47. The number of para-hydroxylation sites is 1. The summed E-state index contributed by atoms with van der Waals surface area (Å²) in [7, 11) is 0. The Balaban J connectivity index is 1.49. The van der Waals surface area contributed by atoms with Crippen LogP contribution in [-0.2, 0) is 17.9 Å². The number of thioether (sulfide) groups is 1. The molecule has 1 atom stereocenters. The fourth-order valence-corrected chi connectivity index (χ4v) is 4.44. The SMILES string of the molecule is CC(C)CCn1c(COc2ccccc2)nnc1S[C@@H](C)C(=O)c1ccc2c(c1)NC(=O)CO2. The van der Waals surface area contributed by atoms with Crippen molar-refractivity contribution in [2.75, 3.05) is 11.9 Å². The van der Waals surface area contributed by atoms with Gasteiger partial charge in [0.1, 0.15) is 18.1 Å². The number of aromatic nitrogens is 3. The fraction of sp³-hybridized carbons (Fsp3) is 0.360. The van der Waals surface area contributed by atoms with Crippen molar-refractivity contribution in [3.63, 3.8) is 0 Å². The molecule has 1 aliphatic heterocycles. The van der Waals surface area contributed by atoms with E-state index >= 15 is 0 Å². The first-order chi connectivity index (χ1) is 16.4. The molecule has 2 heterocycles. The molecule has 2 aromatic carbocycles. The van der Waals surface area contributed by atoms with Crippen molar-refractivity contribution >= 4 is 29.1 Å². The third-order valence-electron chi connectivity index (χ3n) is 5.38. The summed E-state index contributed by atoms with van der Waals surface area (Å²) in [6.45, 7) is 7.20. The second kappa shape index (κ2) is 10.7. The molecule has 0 saturated heterocycles. The van der Waals surface area contributed by atoms with Crippen molar-refractivity contribution in [2.24, 2.45) is 5.92 Å². The molecule has 0 bridgehead atoms. The molecule has 1 aliphatic rings. The number of fused-ring (bicyclic) bond motifs is 1. The minimum atomic E-state index is -0.400. The lowest BCUT2D eigenvalue weighted by molar-refractivity contribution is -0.118. The smallest absolute Gasteiger partial charge is 0.262 e. The Labute approximate surface area is 203 Å². The number of carbonyl (C=O) groups is 2. The first-order valence-corrected chi connectivity index (χ1v) is 12.2. The van der Waals surface area contributed by atoms with Crippen LogP contribution in [0.2, 0.25) is 0 Å². The lowest BCUT2D eigenvalue weighted by atomic mass is 10.1. The number of hydrogen-bond acceptors (Lipinski definition) is 7. The summed E-state index contributed by atoms with van der Waals surface area (Å²) in [6.07, 6.45) is 0.955. The van der Waals surface area contributed by atoms with Crippen LogP contribution in [0.25, 0.3) is 0 Å². The predicted molar refractivity (Wildman–Crippen MR) is 130 cm³/mol. The largest absolute Gasteiger partial charge is 0.486 e. The van der Waals surface area contributed by atoms with Gasteiger partial charge < -0.3 is 19.4 Å². The van der Waals surface area contributed by atoms with Crippen LogP contribution in [0.3, 0.4) is 0 Å². The highest BCUT2D eigenvalue weighted by atomic mass is 32.2. The Morgan fingerprint density at radius 3 is 2.74 bits per heavy atom. The quantitative estimate of drug-likeness (QED) is 0.335. The molecule has 0 radical (unpaired) electrons. The van der Waals surface area contributed by atoms with Gasteiger partial charge in [0.15, 0.2) is 23.4 Å². The van der Waals surface area contributed by atoms with Crippen LogP contribution in [0.4, 0.5) is 5.69 Å². The number of rotatable bonds is 10. The lowest BCUT2D eigenvalue weighted by Crippen LogP contribution is -2.25. The molecule has 0 spiro atoms. The maximum atomic E-state index is 13.2. The first-order valence-electron chi connectivity index (χ1n) is 11.3. The summed E-state index contributed by atoms with van der Waals surface area (Å²) in [5.41, 5.74) is 1.02. The molecule has 8 nitrogen and oxygen atoms in total. The van der Waals surface area contributed by atoms with E-state index in [1.165, 1.54) is 11.8 Å². The van der Waals surface area contributed by atoms with Crippen molar-refractivity contribution in [3.05, 3.63) is 59.9 Å². The van der Waals surface area contributed by atoms with E-state index in [2.05, 4.69) is 29.4 Å². The summed E-state index contributed by atoms with van der Waals surface area (Å²) >= 11 is 1.37. The molecule has 4 rings (SSSR count). The van der Waals surface area contributed by atoms with Crippen LogP contribution in [0.5, 0.6) is 11.5 Å². The number of benzene rings is 2. The van der Waals surface area contributed by atoms with Gasteiger partial charge in [0, 0.05) is 12.1 Å². The Kier molecular flexibility index (Phi) is 7.52. The van der Waals surface area contributed by atoms with Crippen molar-refractivity contribution in [3.8, 4) is 11.5 Å². The first kappa shape index (κ1) is 23.8. The number of carbonyl (C=O) groups excluding carboxylic acids is 2. The van der Waals surface area contributed by atoms with Gasteiger partial charge in [0.25, 0.3) is 5.91 Å². The van der Waals surface area contributed by atoms with E-state index in [4.69, 9.17) is 9.47 Å². The highest BCUT2D eigenvalue weighted by molar-refractivity contribution is 8.00. The van der Waals surface area contributed by atoms with E-state index in [-0.39, 0.29) is 18.3 Å². The monoisotopic (exact) mass is 480 g/mol. The Bertz CT molecular complexity index is 1160. The third kappa shape index (κ3) is 5.77. The van der Waals surface area contributed by atoms with Crippen molar-refractivity contribution in [1.29, 1.82) is 0 Å². The van der Waals surface area contributed by atoms with Crippen molar-refractivity contribution in [1.82, 2.24) is 14.8 Å². The zero-order chi connectivity index (χ0) is 24.1. The van der Waals surface area contributed by atoms with Gasteiger partial charge in [-0.05, 0) is 49.6 Å². The van der Waals surface area contributed by atoms with E-state index < -0.39 is 5.25 Å². The van der Waals surface area contributed by atoms with Crippen molar-refractivity contribution < 1.29 is 19.1 Å². The Hall–Kier alpha value is -3.33. The highest BCUT2D eigenvalue weighted by Crippen LogP contribution is 2.31. The van der Waals surface area contributed by atoms with E-state index in [9.17, 15) is 9.59 Å². The number of anilines is 1. The average Bonchev–Trinajstić information content (AvgIpc) is 3.22. The molecule has 0 fully saturated rings. The number of Topliss-reactive ketones (excluding diaryl/α,β-unsaturated/α-hetero) is 1. The van der Waals surface area contributed by atoms with Gasteiger partial charge in [-0.3, -0.25) is 9.59 Å². The Morgan fingerprint density at radius 1 is 1.18 bits per heavy atom. The second-order valence-electron chi connectivity index (χ2n) is 8.51. The molecular weight excluding hydrogens is 452 g/mol. The predicted octanol–water partition coefficient (Wildman–Crippen LogP) is 4.60. The molecule has 1 N–H and O–H groups in total. The zero-order valence-corrected chi connectivity index (χ0v) is 20.3. The summed E-state index contributed by atoms with van der Waals surface area (Å²) < 4.78 is 13.3. The standard InChI is InChI=1S/C25H28N4O4S/c1-16(2)11-12-29-22(14-32-19-7-5-4-6-8-19)27-28-25(29)34-17(3)24(31)18-9-10-21-20(13-18)26-23(30)15-33-21/h4-10,13,16-17H,11-12,14-15H2,1-3H3,(H,26,30)/t17-/m0/s1. The Morgan fingerprint density at radius 2 is 1.97 bits per heavy atom. The molecule has 1 amide bonds. The molecule has 3 aromatic rings. The molecule has 0 aliphatic carbocycles. The minimum absolute atomic E-state index is 0.0189. The topological polar surface area (TPSA) is 95.3 Å². The normalized spacial score (nSPS) is 13.7. The summed E-state index contributed by atoms with van der Waals surface area (Å²) in [5, 5.41) is 11.8. The van der Waals surface area contributed by atoms with Crippen LogP contribution in [0.15, 0.2) is 53.7 Å². The molecule has 1 aromatic heterocycles. The second-order valence-corrected chi connectivity index (χ2v) is 9.81. The number of nitrogens with zero attached hydrogens (tertiary/aromatic N) is 3. The van der Waals surface area contributed by atoms with E-state index in [0.717, 1.165) is 24.5 Å². The molecule has 178 valence electrons.